The minimum absolute atomic E-state index is 0.648. The number of rotatable bonds is 2. The number of nitrogens with two attached hydrogens (primary N) is 1. The molecule has 94 valence electrons. The molecule has 19 heavy (non-hydrogen) atoms. The van der Waals surface area contributed by atoms with Gasteiger partial charge in [0.1, 0.15) is 5.82 Å². The van der Waals surface area contributed by atoms with E-state index in [2.05, 4.69) is 10.1 Å². The lowest BCUT2D eigenvalue weighted by molar-refractivity contribution is 0.869. The van der Waals surface area contributed by atoms with E-state index in [1.165, 1.54) is 0 Å². The van der Waals surface area contributed by atoms with Crippen molar-refractivity contribution in [3.05, 3.63) is 60.6 Å². The maximum atomic E-state index is 6.25. The van der Waals surface area contributed by atoms with Crippen LogP contribution in [0.25, 0.3) is 16.8 Å². The quantitative estimate of drug-likeness (QED) is 0.760. The van der Waals surface area contributed by atoms with Gasteiger partial charge >= 0.3 is 0 Å². The molecule has 0 fully saturated rings. The number of nitrogen functional groups attached to an aromatic ring is 1. The Hall–Kier alpha value is -2.62. The molecule has 0 atom stereocenters. The van der Waals surface area contributed by atoms with Crippen molar-refractivity contribution in [1.82, 2.24) is 14.8 Å². The first-order chi connectivity index (χ1) is 9.27. The predicted molar refractivity (Wildman–Crippen MR) is 75.9 cm³/mol. The Labute approximate surface area is 111 Å². The number of pyridine rings is 1. The molecule has 0 aliphatic rings. The highest BCUT2D eigenvalue weighted by molar-refractivity contribution is 5.77. The largest absolute Gasteiger partial charge is 0.383 e. The molecule has 0 spiro atoms. The van der Waals surface area contributed by atoms with Gasteiger partial charge in [-0.1, -0.05) is 30.3 Å². The van der Waals surface area contributed by atoms with Crippen molar-refractivity contribution >= 4 is 5.82 Å². The van der Waals surface area contributed by atoms with Crippen LogP contribution < -0.4 is 5.73 Å². The van der Waals surface area contributed by atoms with Gasteiger partial charge in [-0.05, 0) is 24.6 Å². The van der Waals surface area contributed by atoms with Crippen molar-refractivity contribution in [2.75, 3.05) is 5.73 Å². The molecule has 4 heteroatoms. The molecular formula is C15H14N4. The summed E-state index contributed by atoms with van der Waals surface area (Å²) in [5.41, 5.74) is 10.1. The van der Waals surface area contributed by atoms with Gasteiger partial charge in [0.2, 0.25) is 0 Å². The number of anilines is 1. The lowest BCUT2D eigenvalue weighted by Crippen LogP contribution is -2.02. The maximum Gasteiger partial charge on any atom is 0.135 e. The second-order valence-corrected chi connectivity index (χ2v) is 4.33. The first kappa shape index (κ1) is 11.5. The topological polar surface area (TPSA) is 56.7 Å². The summed E-state index contributed by atoms with van der Waals surface area (Å²) in [6, 6.07) is 13.8. The highest BCUT2D eigenvalue weighted by Gasteiger charge is 2.14. The smallest absolute Gasteiger partial charge is 0.135 e. The van der Waals surface area contributed by atoms with Gasteiger partial charge in [0.25, 0.3) is 0 Å². The minimum atomic E-state index is 0.648. The Morgan fingerprint density at radius 3 is 2.37 bits per heavy atom. The summed E-state index contributed by atoms with van der Waals surface area (Å²) >= 11 is 0. The SMILES string of the molecule is Cc1nn(-c2ccncc2)c(N)c1-c1ccccc1. The van der Waals surface area contributed by atoms with Gasteiger partial charge in [0, 0.05) is 18.0 Å². The van der Waals surface area contributed by atoms with Crippen LogP contribution in [0.5, 0.6) is 0 Å². The van der Waals surface area contributed by atoms with Crippen LogP contribution in [-0.2, 0) is 0 Å². The summed E-state index contributed by atoms with van der Waals surface area (Å²) in [5, 5.41) is 4.52. The molecular weight excluding hydrogens is 236 g/mol. The van der Waals surface area contributed by atoms with E-state index in [0.29, 0.717) is 5.82 Å². The maximum absolute atomic E-state index is 6.25. The molecule has 0 bridgehead atoms. The number of hydrogen-bond acceptors (Lipinski definition) is 3. The van der Waals surface area contributed by atoms with Crippen LogP contribution in [0, 0.1) is 6.92 Å². The van der Waals surface area contributed by atoms with E-state index in [1.54, 1.807) is 17.1 Å². The zero-order chi connectivity index (χ0) is 13.2. The third-order valence-corrected chi connectivity index (χ3v) is 3.07. The van der Waals surface area contributed by atoms with Crippen molar-refractivity contribution < 1.29 is 0 Å². The molecule has 1 aromatic carbocycles. The molecule has 2 N–H and O–H groups in total. The highest BCUT2D eigenvalue weighted by atomic mass is 15.3. The molecule has 0 unspecified atom stereocenters. The summed E-state index contributed by atoms with van der Waals surface area (Å²) in [5.74, 6) is 0.648. The standard InChI is InChI=1S/C15H14N4/c1-11-14(12-5-3-2-4-6-12)15(16)19(18-11)13-7-9-17-10-8-13/h2-10H,16H2,1H3. The van der Waals surface area contributed by atoms with E-state index in [1.807, 2.05) is 49.4 Å². The van der Waals surface area contributed by atoms with Crippen LogP contribution in [0.1, 0.15) is 5.69 Å². The van der Waals surface area contributed by atoms with Crippen molar-refractivity contribution in [3.8, 4) is 16.8 Å². The summed E-state index contributed by atoms with van der Waals surface area (Å²) in [6.45, 7) is 1.97. The fraction of sp³-hybridized carbons (Fsp3) is 0.0667. The van der Waals surface area contributed by atoms with Gasteiger partial charge in [-0.3, -0.25) is 4.98 Å². The van der Waals surface area contributed by atoms with E-state index in [9.17, 15) is 0 Å². The fourth-order valence-electron chi connectivity index (χ4n) is 2.19. The number of aryl methyl sites for hydroxylation is 1. The number of benzene rings is 1. The molecule has 2 aromatic heterocycles. The first-order valence-corrected chi connectivity index (χ1v) is 6.08. The number of nitrogens with zero attached hydrogens (tertiary/aromatic N) is 3. The minimum Gasteiger partial charge on any atom is -0.383 e. The number of hydrogen-bond donors (Lipinski definition) is 1. The van der Waals surface area contributed by atoms with Crippen molar-refractivity contribution in [2.45, 2.75) is 6.92 Å². The normalized spacial score (nSPS) is 10.6. The van der Waals surface area contributed by atoms with Gasteiger partial charge in [0.15, 0.2) is 0 Å². The van der Waals surface area contributed by atoms with Crippen LogP contribution in [0.3, 0.4) is 0 Å². The van der Waals surface area contributed by atoms with Crippen molar-refractivity contribution in [2.24, 2.45) is 0 Å². The van der Waals surface area contributed by atoms with E-state index < -0.39 is 0 Å². The van der Waals surface area contributed by atoms with Crippen LogP contribution in [0.2, 0.25) is 0 Å². The Morgan fingerprint density at radius 2 is 1.68 bits per heavy atom. The molecule has 0 aliphatic carbocycles. The highest BCUT2D eigenvalue weighted by Crippen LogP contribution is 2.30. The summed E-state index contributed by atoms with van der Waals surface area (Å²) in [4.78, 5) is 4.01. The molecule has 0 radical (unpaired) electrons. The van der Waals surface area contributed by atoms with E-state index in [0.717, 1.165) is 22.5 Å². The fourth-order valence-corrected chi connectivity index (χ4v) is 2.19. The van der Waals surface area contributed by atoms with Crippen molar-refractivity contribution in [3.63, 3.8) is 0 Å². The Morgan fingerprint density at radius 1 is 1.00 bits per heavy atom. The summed E-state index contributed by atoms with van der Waals surface area (Å²) < 4.78 is 1.75. The van der Waals surface area contributed by atoms with Crippen LogP contribution >= 0.6 is 0 Å². The second kappa shape index (κ2) is 4.57. The molecule has 3 aromatic rings. The second-order valence-electron chi connectivity index (χ2n) is 4.33. The average Bonchev–Trinajstić information content (AvgIpc) is 2.76. The average molecular weight is 250 g/mol. The first-order valence-electron chi connectivity index (χ1n) is 6.08. The van der Waals surface area contributed by atoms with Gasteiger partial charge in [-0.25, -0.2) is 4.68 Å². The summed E-state index contributed by atoms with van der Waals surface area (Å²) in [7, 11) is 0. The lowest BCUT2D eigenvalue weighted by atomic mass is 10.1. The van der Waals surface area contributed by atoms with E-state index in [4.69, 9.17) is 5.73 Å². The van der Waals surface area contributed by atoms with E-state index >= 15 is 0 Å². The van der Waals surface area contributed by atoms with Gasteiger partial charge < -0.3 is 5.73 Å². The monoisotopic (exact) mass is 250 g/mol. The van der Waals surface area contributed by atoms with Crippen LogP contribution in [-0.4, -0.2) is 14.8 Å². The molecule has 3 rings (SSSR count). The van der Waals surface area contributed by atoms with Gasteiger partial charge in [-0.2, -0.15) is 5.10 Å². The molecule has 0 amide bonds. The summed E-state index contributed by atoms with van der Waals surface area (Å²) in [6.07, 6.45) is 3.46. The third kappa shape index (κ3) is 1.97. The van der Waals surface area contributed by atoms with E-state index in [-0.39, 0.29) is 0 Å². The van der Waals surface area contributed by atoms with Crippen LogP contribution in [0.15, 0.2) is 54.9 Å². The van der Waals surface area contributed by atoms with Crippen LogP contribution in [0.4, 0.5) is 5.82 Å². The van der Waals surface area contributed by atoms with Gasteiger partial charge in [0.05, 0.1) is 11.4 Å². The molecule has 0 aliphatic heterocycles. The molecule has 0 saturated heterocycles. The zero-order valence-electron chi connectivity index (χ0n) is 10.6. The molecule has 2 heterocycles. The van der Waals surface area contributed by atoms with Crippen molar-refractivity contribution in [1.29, 1.82) is 0 Å². The zero-order valence-corrected chi connectivity index (χ0v) is 10.6. The molecule has 0 saturated carbocycles. The van der Waals surface area contributed by atoms with Gasteiger partial charge in [-0.15, -0.1) is 0 Å². The Kier molecular flexibility index (Phi) is 2.76. The number of aromatic nitrogens is 3. The predicted octanol–water partition coefficient (Wildman–Crippen LogP) is 2.82. The Bertz CT molecular complexity index is 687. The lowest BCUT2D eigenvalue weighted by Gasteiger charge is -2.04. The Balaban J connectivity index is 2.17. The third-order valence-electron chi connectivity index (χ3n) is 3.07. The molecule has 4 nitrogen and oxygen atoms in total.